The van der Waals surface area contributed by atoms with Crippen molar-refractivity contribution < 1.29 is 4.79 Å². The summed E-state index contributed by atoms with van der Waals surface area (Å²) in [4.78, 5) is 17.0. The Morgan fingerprint density at radius 2 is 1.85 bits per heavy atom. The molecule has 0 atom stereocenters. The Labute approximate surface area is 152 Å². The second-order valence-corrected chi connectivity index (χ2v) is 6.78. The first-order valence-corrected chi connectivity index (χ1v) is 9.07. The fourth-order valence-electron chi connectivity index (χ4n) is 3.69. The van der Waals surface area contributed by atoms with E-state index in [0.29, 0.717) is 17.3 Å². The fourth-order valence-corrected chi connectivity index (χ4v) is 3.69. The van der Waals surface area contributed by atoms with Crippen LogP contribution < -0.4 is 5.43 Å². The molecule has 5 heteroatoms. The summed E-state index contributed by atoms with van der Waals surface area (Å²) in [5.74, 6) is 0.380. The van der Waals surface area contributed by atoms with Gasteiger partial charge in [-0.1, -0.05) is 36.4 Å². The van der Waals surface area contributed by atoms with Crippen LogP contribution in [-0.2, 0) is 0 Å². The molecule has 2 aromatic heterocycles. The van der Waals surface area contributed by atoms with E-state index in [-0.39, 0.29) is 5.91 Å². The van der Waals surface area contributed by atoms with Gasteiger partial charge >= 0.3 is 0 Å². The lowest BCUT2D eigenvalue weighted by Crippen LogP contribution is -2.23. The molecule has 0 aliphatic heterocycles. The van der Waals surface area contributed by atoms with Gasteiger partial charge in [0.25, 0.3) is 5.91 Å². The molecule has 1 aliphatic carbocycles. The first-order chi connectivity index (χ1) is 12.7. The smallest absolute Gasteiger partial charge is 0.290 e. The van der Waals surface area contributed by atoms with Crippen LogP contribution in [0, 0.1) is 6.92 Å². The van der Waals surface area contributed by atoms with Crippen LogP contribution in [-0.4, -0.2) is 21.0 Å². The predicted octanol–water partition coefficient (Wildman–Crippen LogP) is 4.09. The number of carbonyl (C=O) groups is 1. The third kappa shape index (κ3) is 3.25. The van der Waals surface area contributed by atoms with E-state index in [1.807, 2.05) is 31.3 Å². The van der Waals surface area contributed by atoms with E-state index in [1.165, 1.54) is 5.56 Å². The van der Waals surface area contributed by atoms with Gasteiger partial charge in [-0.15, -0.1) is 0 Å². The Kier molecular flexibility index (Phi) is 4.52. The monoisotopic (exact) mass is 346 g/mol. The normalized spacial score (nSPS) is 17.3. The van der Waals surface area contributed by atoms with Crippen molar-refractivity contribution >= 4 is 17.3 Å². The number of aryl methyl sites for hydroxylation is 1. The number of rotatable bonds is 3. The molecule has 1 fully saturated rings. The zero-order valence-corrected chi connectivity index (χ0v) is 14.9. The van der Waals surface area contributed by atoms with Crippen LogP contribution in [0.25, 0.3) is 5.65 Å². The van der Waals surface area contributed by atoms with Gasteiger partial charge in [-0.25, -0.2) is 10.4 Å². The first kappa shape index (κ1) is 16.5. The topological polar surface area (TPSA) is 58.8 Å². The van der Waals surface area contributed by atoms with E-state index < -0.39 is 0 Å². The minimum atomic E-state index is -0.209. The van der Waals surface area contributed by atoms with Crippen molar-refractivity contribution in [1.82, 2.24) is 14.8 Å². The Balaban J connectivity index is 1.42. The lowest BCUT2D eigenvalue weighted by atomic mass is 9.83. The van der Waals surface area contributed by atoms with Gasteiger partial charge in [0.2, 0.25) is 0 Å². The molecular weight excluding hydrogens is 324 g/mol. The number of hydrazone groups is 1. The minimum absolute atomic E-state index is 0.209. The molecule has 1 amide bonds. The summed E-state index contributed by atoms with van der Waals surface area (Å²) < 4.78 is 1.80. The van der Waals surface area contributed by atoms with Crippen molar-refractivity contribution in [3.05, 3.63) is 71.7 Å². The number of nitrogens with zero attached hydrogens (tertiary/aromatic N) is 3. The number of imidazole rings is 1. The number of hydrogen-bond donors (Lipinski definition) is 1. The van der Waals surface area contributed by atoms with Gasteiger partial charge in [0.15, 0.2) is 0 Å². The standard InChI is InChI=1S/C21H22N4O/c1-15-20(25-14-6-5-9-19(25)22-15)21(26)24-23-18-12-10-17(11-13-18)16-7-3-2-4-8-16/h2-9,14,17H,10-13H2,1H3,(H,24,26). The van der Waals surface area contributed by atoms with Crippen LogP contribution in [0.2, 0.25) is 0 Å². The van der Waals surface area contributed by atoms with E-state index in [4.69, 9.17) is 0 Å². The summed E-state index contributed by atoms with van der Waals surface area (Å²) in [5, 5.41) is 4.39. The van der Waals surface area contributed by atoms with Gasteiger partial charge in [0.1, 0.15) is 11.3 Å². The quantitative estimate of drug-likeness (QED) is 0.726. The van der Waals surface area contributed by atoms with Gasteiger partial charge in [0, 0.05) is 11.9 Å². The minimum Gasteiger partial charge on any atom is -0.295 e. The lowest BCUT2D eigenvalue weighted by molar-refractivity contribution is 0.0948. The zero-order chi connectivity index (χ0) is 17.9. The number of carbonyl (C=O) groups excluding carboxylic acids is 1. The SMILES string of the molecule is Cc1nc2ccccn2c1C(=O)NN=C1CCC(c2ccccc2)CC1. The van der Waals surface area contributed by atoms with Gasteiger partial charge in [-0.05, 0) is 56.2 Å². The van der Waals surface area contributed by atoms with Gasteiger partial charge in [0.05, 0.1) is 5.69 Å². The number of fused-ring (bicyclic) bond motifs is 1. The molecule has 3 aromatic rings. The van der Waals surface area contributed by atoms with Crippen LogP contribution >= 0.6 is 0 Å². The Hall–Kier alpha value is -2.95. The third-order valence-corrected chi connectivity index (χ3v) is 5.07. The summed E-state index contributed by atoms with van der Waals surface area (Å²) in [5.41, 5.74) is 7.22. The molecule has 1 aliphatic rings. The number of nitrogens with one attached hydrogen (secondary N) is 1. The van der Waals surface area contributed by atoms with E-state index in [2.05, 4.69) is 45.8 Å². The van der Waals surface area contributed by atoms with E-state index in [1.54, 1.807) is 4.40 Å². The maximum absolute atomic E-state index is 12.6. The number of hydrogen-bond acceptors (Lipinski definition) is 3. The number of aromatic nitrogens is 2. The summed E-state index contributed by atoms with van der Waals surface area (Å²) in [6.45, 7) is 1.85. The van der Waals surface area contributed by atoms with E-state index in [9.17, 15) is 4.79 Å². The fraction of sp³-hybridized carbons (Fsp3) is 0.286. The number of pyridine rings is 1. The molecule has 4 rings (SSSR count). The maximum atomic E-state index is 12.6. The highest BCUT2D eigenvalue weighted by atomic mass is 16.2. The van der Waals surface area contributed by atoms with E-state index >= 15 is 0 Å². The second-order valence-electron chi connectivity index (χ2n) is 6.78. The van der Waals surface area contributed by atoms with Gasteiger partial charge in [-0.3, -0.25) is 9.20 Å². The van der Waals surface area contributed by atoms with Gasteiger partial charge in [-0.2, -0.15) is 5.10 Å². The van der Waals surface area contributed by atoms with Crippen LogP contribution in [0.1, 0.15) is 53.3 Å². The molecule has 1 N–H and O–H groups in total. The Morgan fingerprint density at radius 3 is 2.62 bits per heavy atom. The first-order valence-electron chi connectivity index (χ1n) is 9.07. The molecule has 0 unspecified atom stereocenters. The average molecular weight is 346 g/mol. The van der Waals surface area contributed by atoms with Crippen molar-refractivity contribution in [3.8, 4) is 0 Å². The predicted molar refractivity (Wildman–Crippen MR) is 102 cm³/mol. The summed E-state index contributed by atoms with van der Waals surface area (Å²) in [6.07, 6.45) is 5.85. The second kappa shape index (κ2) is 7.12. The van der Waals surface area contributed by atoms with Crippen LogP contribution in [0.3, 0.4) is 0 Å². The molecular formula is C21H22N4O. The molecule has 2 heterocycles. The molecule has 5 nitrogen and oxygen atoms in total. The number of benzene rings is 1. The number of amides is 1. The zero-order valence-electron chi connectivity index (χ0n) is 14.9. The molecule has 132 valence electrons. The van der Waals surface area contributed by atoms with Crippen molar-refractivity contribution in [2.24, 2.45) is 5.10 Å². The lowest BCUT2D eigenvalue weighted by Gasteiger charge is -2.23. The molecule has 0 radical (unpaired) electrons. The molecule has 1 aromatic carbocycles. The summed E-state index contributed by atoms with van der Waals surface area (Å²) in [7, 11) is 0. The van der Waals surface area contributed by atoms with Crippen LogP contribution in [0.4, 0.5) is 0 Å². The molecule has 1 saturated carbocycles. The van der Waals surface area contributed by atoms with Crippen molar-refractivity contribution in [1.29, 1.82) is 0 Å². The third-order valence-electron chi connectivity index (χ3n) is 5.07. The van der Waals surface area contributed by atoms with Crippen molar-refractivity contribution in [2.45, 2.75) is 38.5 Å². The summed E-state index contributed by atoms with van der Waals surface area (Å²) in [6, 6.07) is 16.3. The molecule has 0 spiro atoms. The average Bonchev–Trinajstić information content (AvgIpc) is 3.03. The van der Waals surface area contributed by atoms with Crippen molar-refractivity contribution in [2.75, 3.05) is 0 Å². The Bertz CT molecular complexity index is 949. The summed E-state index contributed by atoms with van der Waals surface area (Å²) >= 11 is 0. The molecule has 26 heavy (non-hydrogen) atoms. The Morgan fingerprint density at radius 1 is 1.12 bits per heavy atom. The highest BCUT2D eigenvalue weighted by Crippen LogP contribution is 2.31. The maximum Gasteiger partial charge on any atom is 0.290 e. The molecule has 0 bridgehead atoms. The highest BCUT2D eigenvalue weighted by molar-refractivity contribution is 5.96. The van der Waals surface area contributed by atoms with Gasteiger partial charge < -0.3 is 0 Å². The highest BCUT2D eigenvalue weighted by Gasteiger charge is 2.20. The largest absolute Gasteiger partial charge is 0.295 e. The van der Waals surface area contributed by atoms with Crippen molar-refractivity contribution in [3.63, 3.8) is 0 Å². The molecule has 0 saturated heterocycles. The van der Waals surface area contributed by atoms with Crippen LogP contribution in [0.15, 0.2) is 59.8 Å². The van der Waals surface area contributed by atoms with Crippen LogP contribution in [0.5, 0.6) is 0 Å². The van der Waals surface area contributed by atoms with E-state index in [0.717, 1.165) is 37.0 Å².